The minimum Gasteiger partial charge on any atom is -0.386 e. The molecule has 2 aliphatic rings. The molecule has 0 atom stereocenters. The summed E-state index contributed by atoms with van der Waals surface area (Å²) in [7, 11) is -3.93. The number of ketones is 1. The molecule has 5 nitrogen and oxygen atoms in total. The van der Waals surface area contributed by atoms with Crippen LogP contribution in [0, 0.1) is 11.3 Å². The summed E-state index contributed by atoms with van der Waals surface area (Å²) in [6.45, 7) is 3.06. The van der Waals surface area contributed by atoms with Crippen LogP contribution < -0.4 is 0 Å². The monoisotopic (exact) mass is 437 g/mol. The van der Waals surface area contributed by atoms with Gasteiger partial charge in [-0.3, -0.25) is 4.79 Å². The predicted molar refractivity (Wildman–Crippen MR) is 118 cm³/mol. The number of Topliss-reactive ketones (excluding diaryl/α,β-unsaturated/α-hetero) is 1. The first-order valence-electron chi connectivity index (χ1n) is 10.8. The van der Waals surface area contributed by atoms with Crippen LogP contribution in [0.5, 0.6) is 0 Å². The molecule has 0 fully saturated rings. The lowest BCUT2D eigenvalue weighted by Gasteiger charge is -2.19. The summed E-state index contributed by atoms with van der Waals surface area (Å²) < 4.78 is 26.1. The lowest BCUT2D eigenvalue weighted by atomic mass is 9.91. The lowest BCUT2D eigenvalue weighted by molar-refractivity contribution is -0.116. The highest BCUT2D eigenvalue weighted by molar-refractivity contribution is 7.92. The number of benzene rings is 2. The molecule has 1 N–H and O–H groups in total. The quantitative estimate of drug-likeness (QED) is 0.748. The summed E-state index contributed by atoms with van der Waals surface area (Å²) in [6.07, 6.45) is 6.28. The molecule has 0 saturated heterocycles. The first kappa shape index (κ1) is 21.7. The molecule has 6 heteroatoms. The van der Waals surface area contributed by atoms with Crippen molar-refractivity contribution in [3.63, 3.8) is 0 Å². The second kappa shape index (κ2) is 7.89. The number of nitriles is 1. The molecule has 0 bridgehead atoms. The number of rotatable bonds is 6. The summed E-state index contributed by atoms with van der Waals surface area (Å²) >= 11 is 0. The largest absolute Gasteiger partial charge is 0.386 e. The third-order valence-corrected chi connectivity index (χ3v) is 8.08. The first-order chi connectivity index (χ1) is 14.6. The summed E-state index contributed by atoms with van der Waals surface area (Å²) in [5.41, 5.74) is 5.38. The molecule has 0 aliphatic heterocycles. The minimum atomic E-state index is -3.93. The van der Waals surface area contributed by atoms with Crippen molar-refractivity contribution in [3.05, 3.63) is 63.2 Å². The zero-order valence-corrected chi connectivity index (χ0v) is 18.8. The van der Waals surface area contributed by atoms with Crippen molar-refractivity contribution in [1.29, 1.82) is 5.26 Å². The number of hydrogen-bond acceptors (Lipinski definition) is 5. The minimum absolute atomic E-state index is 0.0967. The Morgan fingerprint density at radius 1 is 1.03 bits per heavy atom. The molecule has 2 aromatic rings. The van der Waals surface area contributed by atoms with Gasteiger partial charge in [0.1, 0.15) is 5.75 Å². The Balaban J connectivity index is 1.63. The number of carbonyl (C=O) groups excluding carboxylic acids is 1. The summed E-state index contributed by atoms with van der Waals surface area (Å²) in [5, 5.41) is 19.6. The van der Waals surface area contributed by atoms with Crippen molar-refractivity contribution < 1.29 is 18.3 Å². The van der Waals surface area contributed by atoms with E-state index in [1.165, 1.54) is 54.3 Å². The Hall–Kier alpha value is -2.49. The molecule has 0 amide bonds. The van der Waals surface area contributed by atoms with Crippen LogP contribution in [0.1, 0.15) is 65.6 Å². The number of nitrogens with zero attached hydrogens (tertiary/aromatic N) is 1. The van der Waals surface area contributed by atoms with Crippen molar-refractivity contribution in [2.75, 3.05) is 5.75 Å². The van der Waals surface area contributed by atoms with E-state index in [-0.39, 0.29) is 22.7 Å². The molecule has 0 heterocycles. The number of hydrogen-bond donors (Lipinski definition) is 1. The number of carbonyl (C=O) groups is 1. The van der Waals surface area contributed by atoms with Crippen molar-refractivity contribution in [3.8, 4) is 6.07 Å². The SMILES string of the molecule is CC(C)(O)c1cc(C#N)cc(S(=O)(=O)CC(=O)Cc2c3c(cc4c2CCC4)CCC3)c1. The van der Waals surface area contributed by atoms with Gasteiger partial charge in [0.15, 0.2) is 15.6 Å². The van der Waals surface area contributed by atoms with Gasteiger partial charge in [-0.25, -0.2) is 8.42 Å². The Bertz CT molecular complexity index is 1180. The van der Waals surface area contributed by atoms with E-state index in [0.29, 0.717) is 5.56 Å². The zero-order chi connectivity index (χ0) is 22.4. The van der Waals surface area contributed by atoms with E-state index in [4.69, 9.17) is 0 Å². The van der Waals surface area contributed by atoms with Gasteiger partial charge in [0.2, 0.25) is 0 Å². The highest BCUT2D eigenvalue weighted by Gasteiger charge is 2.28. The van der Waals surface area contributed by atoms with Crippen LogP contribution in [0.3, 0.4) is 0 Å². The van der Waals surface area contributed by atoms with Crippen LogP contribution >= 0.6 is 0 Å². The van der Waals surface area contributed by atoms with Gasteiger partial charge in [0.05, 0.1) is 22.1 Å². The zero-order valence-electron chi connectivity index (χ0n) is 18.0. The van der Waals surface area contributed by atoms with Crippen LogP contribution in [-0.4, -0.2) is 25.1 Å². The normalized spacial score (nSPS) is 15.4. The second-order valence-electron chi connectivity index (χ2n) is 9.23. The molecular weight excluding hydrogens is 410 g/mol. The van der Waals surface area contributed by atoms with E-state index in [9.17, 15) is 23.6 Å². The molecule has 4 rings (SSSR count). The third kappa shape index (κ3) is 4.30. The summed E-state index contributed by atoms with van der Waals surface area (Å²) in [5.74, 6) is -0.937. The van der Waals surface area contributed by atoms with Crippen LogP contribution in [0.25, 0.3) is 0 Å². The van der Waals surface area contributed by atoms with Crippen LogP contribution in [0.15, 0.2) is 29.2 Å². The van der Waals surface area contributed by atoms with E-state index >= 15 is 0 Å². The Labute approximate surface area is 183 Å². The molecule has 0 radical (unpaired) electrons. The fourth-order valence-corrected chi connectivity index (χ4v) is 6.19. The van der Waals surface area contributed by atoms with Gasteiger partial charge in [-0.2, -0.15) is 5.26 Å². The van der Waals surface area contributed by atoms with E-state index in [1.807, 2.05) is 6.07 Å². The molecular formula is C25H27NO4S. The maximum absolute atomic E-state index is 13.0. The van der Waals surface area contributed by atoms with E-state index in [1.54, 1.807) is 0 Å². The van der Waals surface area contributed by atoms with Crippen molar-refractivity contribution in [1.82, 2.24) is 0 Å². The fraction of sp³-hybridized carbons (Fsp3) is 0.440. The van der Waals surface area contributed by atoms with Gasteiger partial charge < -0.3 is 5.11 Å². The first-order valence-corrected chi connectivity index (χ1v) is 12.4. The fourth-order valence-electron chi connectivity index (χ4n) is 4.89. The van der Waals surface area contributed by atoms with E-state index in [0.717, 1.165) is 44.1 Å². The van der Waals surface area contributed by atoms with Crippen molar-refractivity contribution in [2.45, 2.75) is 69.3 Å². The molecule has 0 aromatic heterocycles. The number of aliphatic hydroxyl groups is 1. The third-order valence-electron chi connectivity index (χ3n) is 6.42. The van der Waals surface area contributed by atoms with Gasteiger partial charge in [0.25, 0.3) is 0 Å². The van der Waals surface area contributed by atoms with Gasteiger partial charge in [-0.05, 0) is 104 Å². The highest BCUT2D eigenvalue weighted by Crippen LogP contribution is 2.35. The molecule has 0 unspecified atom stereocenters. The Morgan fingerprint density at radius 2 is 1.65 bits per heavy atom. The molecule has 0 saturated carbocycles. The van der Waals surface area contributed by atoms with Gasteiger partial charge in [0, 0.05) is 6.42 Å². The predicted octanol–water partition coefficient (Wildman–Crippen LogP) is 3.35. The van der Waals surface area contributed by atoms with Gasteiger partial charge in [-0.15, -0.1) is 0 Å². The van der Waals surface area contributed by atoms with Gasteiger partial charge >= 0.3 is 0 Å². The molecule has 0 spiro atoms. The van der Waals surface area contributed by atoms with Crippen LogP contribution in [0.2, 0.25) is 0 Å². The molecule has 2 aromatic carbocycles. The van der Waals surface area contributed by atoms with Gasteiger partial charge in [-0.1, -0.05) is 6.07 Å². The second-order valence-corrected chi connectivity index (χ2v) is 11.2. The van der Waals surface area contributed by atoms with Crippen LogP contribution in [-0.2, 0) is 52.3 Å². The number of sulfone groups is 1. The maximum atomic E-state index is 13.0. The van der Waals surface area contributed by atoms with Crippen LogP contribution in [0.4, 0.5) is 0 Å². The lowest BCUT2D eigenvalue weighted by Crippen LogP contribution is -2.21. The Kier molecular flexibility index (Phi) is 5.53. The maximum Gasteiger partial charge on any atom is 0.185 e. The standard InChI is InChI=1S/C25H27NO4S/c1-25(2,28)19-9-16(14-26)10-21(12-19)31(29,30)15-20(27)13-24-22-7-3-5-17(22)11-18-6-4-8-23(18)24/h9-12,28H,3-8,13,15H2,1-2H3. The van der Waals surface area contributed by atoms with E-state index in [2.05, 4.69) is 6.07 Å². The smallest absolute Gasteiger partial charge is 0.185 e. The molecule has 31 heavy (non-hydrogen) atoms. The van der Waals surface area contributed by atoms with Crippen molar-refractivity contribution in [2.24, 2.45) is 0 Å². The summed E-state index contributed by atoms with van der Waals surface area (Å²) in [4.78, 5) is 12.8. The van der Waals surface area contributed by atoms with Crippen molar-refractivity contribution >= 4 is 15.6 Å². The van der Waals surface area contributed by atoms with E-state index < -0.39 is 21.2 Å². The molecule has 162 valence electrons. The summed E-state index contributed by atoms with van der Waals surface area (Å²) in [6, 6.07) is 8.34. The number of aryl methyl sites for hydroxylation is 2. The topological polar surface area (TPSA) is 95.2 Å². The average molecular weight is 438 g/mol. The average Bonchev–Trinajstić information content (AvgIpc) is 3.35. The highest BCUT2D eigenvalue weighted by atomic mass is 32.2. The Morgan fingerprint density at radius 3 is 2.19 bits per heavy atom. The number of fused-ring (bicyclic) bond motifs is 2. The molecule has 2 aliphatic carbocycles.